The molecule has 1 heterocycles. The van der Waals surface area contributed by atoms with Gasteiger partial charge in [0.15, 0.2) is 0 Å². The van der Waals surface area contributed by atoms with Crippen LogP contribution in [0.2, 0.25) is 0 Å². The van der Waals surface area contributed by atoms with Crippen LogP contribution in [-0.4, -0.2) is 30.6 Å². The van der Waals surface area contributed by atoms with Crippen molar-refractivity contribution < 1.29 is 4.74 Å². The molecule has 3 nitrogen and oxygen atoms in total. The highest BCUT2D eigenvalue weighted by molar-refractivity contribution is 5.35. The Morgan fingerprint density at radius 2 is 2.11 bits per heavy atom. The van der Waals surface area contributed by atoms with Gasteiger partial charge in [0.1, 0.15) is 5.75 Å². The van der Waals surface area contributed by atoms with Gasteiger partial charge in [-0.25, -0.2) is 0 Å². The summed E-state index contributed by atoms with van der Waals surface area (Å²) in [4.78, 5) is 2.53. The molecule has 100 valence electrons. The van der Waals surface area contributed by atoms with Crippen LogP contribution in [-0.2, 0) is 0 Å². The third-order valence-electron chi connectivity index (χ3n) is 4.05. The van der Waals surface area contributed by atoms with E-state index >= 15 is 0 Å². The number of likely N-dealkylation sites (tertiary alicyclic amines) is 1. The van der Waals surface area contributed by atoms with Crippen molar-refractivity contribution in [1.29, 1.82) is 0 Å². The first kappa shape index (κ1) is 13.4. The van der Waals surface area contributed by atoms with E-state index in [1.165, 1.54) is 5.56 Å². The first-order valence-electron chi connectivity index (χ1n) is 6.77. The standard InChI is InChI=1S/C15H24N2O/c1-11-10-13(16)8-9-17(11)12(2)14-6-4-5-7-15(14)18-3/h4-7,11-13H,8-10,16H2,1-3H3. The molecule has 2 rings (SSSR count). The fourth-order valence-corrected chi connectivity index (χ4v) is 2.99. The van der Waals surface area contributed by atoms with E-state index in [0.29, 0.717) is 18.1 Å². The van der Waals surface area contributed by atoms with Crippen LogP contribution in [0.5, 0.6) is 5.75 Å². The van der Waals surface area contributed by atoms with Crippen LogP contribution < -0.4 is 10.5 Å². The van der Waals surface area contributed by atoms with Crippen molar-refractivity contribution in [3.63, 3.8) is 0 Å². The third-order valence-corrected chi connectivity index (χ3v) is 4.05. The fraction of sp³-hybridized carbons (Fsp3) is 0.600. The Hall–Kier alpha value is -1.06. The number of nitrogens with zero attached hydrogens (tertiary/aromatic N) is 1. The molecular formula is C15H24N2O. The number of hydrogen-bond acceptors (Lipinski definition) is 3. The molecule has 1 aliphatic heterocycles. The summed E-state index contributed by atoms with van der Waals surface area (Å²) in [5, 5.41) is 0. The minimum Gasteiger partial charge on any atom is -0.496 e. The van der Waals surface area contributed by atoms with Crippen molar-refractivity contribution >= 4 is 0 Å². The molecule has 1 aromatic rings. The van der Waals surface area contributed by atoms with Crippen LogP contribution in [0.4, 0.5) is 0 Å². The van der Waals surface area contributed by atoms with Crippen LogP contribution in [0.15, 0.2) is 24.3 Å². The number of para-hydroxylation sites is 1. The monoisotopic (exact) mass is 248 g/mol. The zero-order chi connectivity index (χ0) is 13.1. The van der Waals surface area contributed by atoms with E-state index in [1.807, 2.05) is 12.1 Å². The SMILES string of the molecule is COc1ccccc1C(C)N1CCC(N)CC1C. The van der Waals surface area contributed by atoms with Gasteiger partial charge in [-0.3, -0.25) is 4.90 Å². The molecule has 1 aromatic carbocycles. The summed E-state index contributed by atoms with van der Waals surface area (Å²) in [5.74, 6) is 0.979. The summed E-state index contributed by atoms with van der Waals surface area (Å²) in [6.45, 7) is 5.59. The highest BCUT2D eigenvalue weighted by Gasteiger charge is 2.28. The Balaban J connectivity index is 2.17. The Bertz CT molecular complexity index is 394. The smallest absolute Gasteiger partial charge is 0.123 e. The number of benzene rings is 1. The van der Waals surface area contributed by atoms with Crippen molar-refractivity contribution in [3.8, 4) is 5.75 Å². The lowest BCUT2D eigenvalue weighted by Gasteiger charge is -2.40. The van der Waals surface area contributed by atoms with Gasteiger partial charge in [-0.1, -0.05) is 18.2 Å². The number of methoxy groups -OCH3 is 1. The summed E-state index contributed by atoms with van der Waals surface area (Å²) < 4.78 is 5.46. The van der Waals surface area contributed by atoms with Gasteiger partial charge in [0.2, 0.25) is 0 Å². The molecule has 1 aliphatic rings. The Labute approximate surface area is 110 Å². The normalized spacial score (nSPS) is 26.9. The molecule has 2 N–H and O–H groups in total. The molecule has 1 saturated heterocycles. The zero-order valence-electron chi connectivity index (χ0n) is 11.6. The van der Waals surface area contributed by atoms with E-state index < -0.39 is 0 Å². The van der Waals surface area contributed by atoms with Gasteiger partial charge in [-0.2, -0.15) is 0 Å². The van der Waals surface area contributed by atoms with E-state index in [-0.39, 0.29) is 0 Å². The van der Waals surface area contributed by atoms with Gasteiger partial charge in [0, 0.05) is 30.2 Å². The summed E-state index contributed by atoms with van der Waals surface area (Å²) in [7, 11) is 1.74. The maximum atomic E-state index is 6.03. The molecule has 0 aromatic heterocycles. The molecule has 0 amide bonds. The fourth-order valence-electron chi connectivity index (χ4n) is 2.99. The molecule has 0 bridgehead atoms. The predicted octanol–water partition coefficient (Wildman–Crippen LogP) is 2.57. The summed E-state index contributed by atoms with van der Waals surface area (Å²) in [6, 6.07) is 9.56. The van der Waals surface area contributed by atoms with Crippen molar-refractivity contribution in [2.75, 3.05) is 13.7 Å². The van der Waals surface area contributed by atoms with Gasteiger partial charge in [-0.05, 0) is 32.8 Å². The van der Waals surface area contributed by atoms with E-state index in [2.05, 4.69) is 30.9 Å². The number of rotatable bonds is 3. The Kier molecular flexibility index (Phi) is 4.25. The highest BCUT2D eigenvalue weighted by Crippen LogP contribution is 2.32. The van der Waals surface area contributed by atoms with Crippen LogP contribution in [0.1, 0.15) is 38.3 Å². The Morgan fingerprint density at radius 1 is 1.39 bits per heavy atom. The van der Waals surface area contributed by atoms with Gasteiger partial charge in [-0.15, -0.1) is 0 Å². The lowest BCUT2D eigenvalue weighted by Crippen LogP contribution is -2.46. The van der Waals surface area contributed by atoms with Crippen molar-refractivity contribution in [3.05, 3.63) is 29.8 Å². The van der Waals surface area contributed by atoms with Gasteiger partial charge in [0.25, 0.3) is 0 Å². The molecule has 0 aliphatic carbocycles. The molecular weight excluding hydrogens is 224 g/mol. The first-order chi connectivity index (χ1) is 8.63. The minimum atomic E-state index is 0.362. The lowest BCUT2D eigenvalue weighted by molar-refractivity contribution is 0.103. The van der Waals surface area contributed by atoms with Crippen molar-refractivity contribution in [2.45, 2.75) is 44.8 Å². The molecule has 3 heteroatoms. The average Bonchev–Trinajstić information content (AvgIpc) is 2.38. The van der Waals surface area contributed by atoms with Gasteiger partial charge >= 0.3 is 0 Å². The quantitative estimate of drug-likeness (QED) is 0.893. The van der Waals surface area contributed by atoms with E-state index in [4.69, 9.17) is 10.5 Å². The number of hydrogen-bond donors (Lipinski definition) is 1. The third kappa shape index (κ3) is 2.68. The molecule has 3 unspecified atom stereocenters. The maximum absolute atomic E-state index is 6.03. The molecule has 3 atom stereocenters. The topological polar surface area (TPSA) is 38.5 Å². The minimum absolute atomic E-state index is 0.362. The summed E-state index contributed by atoms with van der Waals surface area (Å²) >= 11 is 0. The average molecular weight is 248 g/mol. The highest BCUT2D eigenvalue weighted by atomic mass is 16.5. The van der Waals surface area contributed by atoms with Gasteiger partial charge < -0.3 is 10.5 Å². The molecule has 0 saturated carbocycles. The zero-order valence-corrected chi connectivity index (χ0v) is 11.6. The van der Waals surface area contributed by atoms with Crippen LogP contribution in [0.25, 0.3) is 0 Å². The molecule has 0 radical (unpaired) electrons. The van der Waals surface area contributed by atoms with Crippen molar-refractivity contribution in [1.82, 2.24) is 4.90 Å². The van der Waals surface area contributed by atoms with Crippen molar-refractivity contribution in [2.24, 2.45) is 5.73 Å². The van der Waals surface area contributed by atoms with Crippen LogP contribution >= 0.6 is 0 Å². The molecule has 18 heavy (non-hydrogen) atoms. The van der Waals surface area contributed by atoms with Crippen LogP contribution in [0.3, 0.4) is 0 Å². The lowest BCUT2D eigenvalue weighted by atomic mass is 9.95. The van der Waals surface area contributed by atoms with E-state index in [9.17, 15) is 0 Å². The van der Waals surface area contributed by atoms with Gasteiger partial charge in [0.05, 0.1) is 7.11 Å². The first-order valence-corrected chi connectivity index (χ1v) is 6.77. The number of ether oxygens (including phenoxy) is 1. The number of nitrogens with two attached hydrogens (primary N) is 1. The maximum Gasteiger partial charge on any atom is 0.123 e. The molecule has 0 spiro atoms. The summed E-state index contributed by atoms with van der Waals surface area (Å²) in [6.07, 6.45) is 2.17. The van der Waals surface area contributed by atoms with Crippen LogP contribution in [0, 0.1) is 0 Å². The second-order valence-electron chi connectivity index (χ2n) is 5.29. The molecule has 1 fully saturated rings. The summed E-state index contributed by atoms with van der Waals surface area (Å²) in [5.41, 5.74) is 7.30. The Morgan fingerprint density at radius 3 is 2.78 bits per heavy atom. The van der Waals surface area contributed by atoms with E-state index in [1.54, 1.807) is 7.11 Å². The predicted molar refractivity (Wildman–Crippen MR) is 74.8 cm³/mol. The second kappa shape index (κ2) is 5.72. The van der Waals surface area contributed by atoms with E-state index in [0.717, 1.165) is 25.1 Å². The second-order valence-corrected chi connectivity index (χ2v) is 5.29. The number of piperidine rings is 1. The largest absolute Gasteiger partial charge is 0.496 e.